The highest BCUT2D eigenvalue weighted by Gasteiger charge is 1.84. The summed E-state index contributed by atoms with van der Waals surface area (Å²) >= 11 is 0. The molecule has 1 heterocycles. The molecule has 1 aromatic rings. The first kappa shape index (κ1) is 4.18. The monoisotopic (exact) mass is 97.0 g/mol. The van der Waals surface area contributed by atoms with Crippen LogP contribution in [0.5, 0.6) is 6.01 Å². The molecule has 0 fully saturated rings. The highest BCUT2D eigenvalue weighted by Crippen LogP contribution is 1.93. The van der Waals surface area contributed by atoms with Crippen molar-refractivity contribution in [2.75, 3.05) is 7.11 Å². The van der Waals surface area contributed by atoms with Crippen LogP contribution < -0.4 is 4.74 Å². The van der Waals surface area contributed by atoms with E-state index in [1.807, 2.05) is 0 Å². The summed E-state index contributed by atoms with van der Waals surface area (Å²) in [6.45, 7) is 0. The van der Waals surface area contributed by atoms with Gasteiger partial charge in [-0.1, -0.05) is 0 Å². The van der Waals surface area contributed by atoms with Gasteiger partial charge in [0.1, 0.15) is 0 Å². The molecule has 0 unspecified atom stereocenters. The van der Waals surface area contributed by atoms with Gasteiger partial charge in [0.05, 0.1) is 19.5 Å². The second-order valence-corrected chi connectivity index (χ2v) is 1.04. The van der Waals surface area contributed by atoms with Crippen molar-refractivity contribution < 1.29 is 4.74 Å². The lowest BCUT2D eigenvalue weighted by atomic mass is 11.0. The number of nitrogens with zero attached hydrogens (tertiary/aromatic N) is 1. The van der Waals surface area contributed by atoms with E-state index in [1.54, 1.807) is 7.11 Å². The van der Waals surface area contributed by atoms with Crippen molar-refractivity contribution in [1.29, 1.82) is 0 Å². The molecule has 1 rings (SSSR count). The number of hydrogen-bond acceptors (Lipinski definition) is 2. The fourth-order valence-electron chi connectivity index (χ4n) is 0.321. The fraction of sp³-hybridized carbons (Fsp3) is 0.250. The molecule has 0 amide bonds. The van der Waals surface area contributed by atoms with E-state index >= 15 is 0 Å². The first-order chi connectivity index (χ1) is 3.43. The number of hydrogen-bond donors (Lipinski definition) is 1. The van der Waals surface area contributed by atoms with Crippen LogP contribution in [-0.4, -0.2) is 17.1 Å². The van der Waals surface area contributed by atoms with Crippen LogP contribution >= 0.6 is 0 Å². The lowest BCUT2D eigenvalue weighted by molar-refractivity contribution is 0.384. The summed E-state index contributed by atoms with van der Waals surface area (Å²) < 4.78 is 4.66. The van der Waals surface area contributed by atoms with Gasteiger partial charge >= 0.3 is 0 Å². The minimum atomic E-state index is 0.500. The van der Waals surface area contributed by atoms with Gasteiger partial charge in [-0.05, 0) is 0 Å². The topological polar surface area (TPSA) is 37.9 Å². The summed E-state index contributed by atoms with van der Waals surface area (Å²) in [6, 6.07) is 0.500. The summed E-state index contributed by atoms with van der Waals surface area (Å²) in [4.78, 5) is 6.33. The zero-order chi connectivity index (χ0) is 5.11. The third kappa shape index (κ3) is 0.707. The van der Waals surface area contributed by atoms with E-state index in [4.69, 9.17) is 0 Å². The van der Waals surface area contributed by atoms with Crippen LogP contribution in [-0.2, 0) is 0 Å². The standard InChI is InChI=1S/C4H5N2O/c1-7-4-5-2-3-6-4/h2H,1H3,(H,5,6). The Balaban J connectivity index is 2.76. The Hall–Kier alpha value is -0.990. The van der Waals surface area contributed by atoms with Crippen LogP contribution in [0.2, 0.25) is 0 Å². The lowest BCUT2D eigenvalue weighted by Gasteiger charge is -1.85. The Labute approximate surface area is 41.3 Å². The van der Waals surface area contributed by atoms with Gasteiger partial charge in [-0.15, -0.1) is 0 Å². The van der Waals surface area contributed by atoms with Gasteiger partial charge in [0.25, 0.3) is 6.01 Å². The van der Waals surface area contributed by atoms with E-state index in [-0.39, 0.29) is 0 Å². The largest absolute Gasteiger partial charge is 0.468 e. The van der Waals surface area contributed by atoms with Crippen molar-refractivity contribution in [3.8, 4) is 6.01 Å². The predicted molar refractivity (Wildman–Crippen MR) is 24.0 cm³/mol. The Morgan fingerprint density at radius 2 is 2.86 bits per heavy atom. The molecule has 0 spiro atoms. The van der Waals surface area contributed by atoms with Crippen LogP contribution in [0.25, 0.3) is 0 Å². The molecule has 0 aliphatic carbocycles. The molecule has 37 valence electrons. The second kappa shape index (κ2) is 1.64. The number of nitrogens with one attached hydrogen (secondary N) is 1. The van der Waals surface area contributed by atoms with E-state index in [0.29, 0.717) is 6.01 Å². The molecule has 0 aromatic carbocycles. The van der Waals surface area contributed by atoms with Gasteiger partial charge in [-0.2, -0.15) is 0 Å². The zero-order valence-corrected chi connectivity index (χ0v) is 3.93. The molecule has 0 saturated heterocycles. The molecular formula is C4H5N2O. The molecule has 1 aromatic heterocycles. The number of aromatic nitrogens is 2. The van der Waals surface area contributed by atoms with E-state index in [1.165, 1.54) is 6.20 Å². The van der Waals surface area contributed by atoms with Crippen LogP contribution in [0.4, 0.5) is 0 Å². The number of aromatic amines is 1. The zero-order valence-electron chi connectivity index (χ0n) is 3.93. The van der Waals surface area contributed by atoms with Gasteiger partial charge in [0.2, 0.25) is 0 Å². The molecule has 0 bridgehead atoms. The Morgan fingerprint density at radius 3 is 3.14 bits per heavy atom. The highest BCUT2D eigenvalue weighted by atomic mass is 16.5. The maximum absolute atomic E-state index is 4.66. The number of imidazole rings is 1. The molecule has 3 nitrogen and oxygen atoms in total. The number of methoxy groups -OCH3 is 1. The minimum absolute atomic E-state index is 0.500. The molecule has 7 heavy (non-hydrogen) atoms. The molecule has 0 aliphatic heterocycles. The van der Waals surface area contributed by atoms with Crippen molar-refractivity contribution in [2.45, 2.75) is 0 Å². The van der Waals surface area contributed by atoms with Crippen LogP contribution in [0, 0.1) is 6.20 Å². The fourth-order valence-corrected chi connectivity index (χ4v) is 0.321. The molecule has 1 radical (unpaired) electrons. The van der Waals surface area contributed by atoms with Gasteiger partial charge in [-0.25, -0.2) is 4.98 Å². The summed E-state index contributed by atoms with van der Waals surface area (Å²) in [5.41, 5.74) is 0. The number of rotatable bonds is 1. The Kier molecular flexibility index (Phi) is 0.978. The average Bonchev–Trinajstić information content (AvgIpc) is 2.14. The first-order valence-corrected chi connectivity index (χ1v) is 1.88. The predicted octanol–water partition coefficient (Wildman–Crippen LogP) is 0.218. The van der Waals surface area contributed by atoms with Crippen LogP contribution in [0.15, 0.2) is 6.20 Å². The van der Waals surface area contributed by atoms with Crippen molar-refractivity contribution in [2.24, 2.45) is 0 Å². The lowest BCUT2D eigenvalue weighted by Crippen LogP contribution is -1.81. The van der Waals surface area contributed by atoms with Crippen molar-refractivity contribution in [3.05, 3.63) is 12.4 Å². The van der Waals surface area contributed by atoms with Crippen LogP contribution in [0.3, 0.4) is 0 Å². The third-order valence-corrected chi connectivity index (χ3v) is 0.619. The highest BCUT2D eigenvalue weighted by molar-refractivity contribution is 4.89. The van der Waals surface area contributed by atoms with Crippen molar-refractivity contribution in [1.82, 2.24) is 9.97 Å². The summed E-state index contributed by atoms with van der Waals surface area (Å²) in [5, 5.41) is 0. The van der Waals surface area contributed by atoms with Gasteiger partial charge in [-0.3, -0.25) is 0 Å². The number of H-pyrrole nitrogens is 1. The Morgan fingerprint density at radius 1 is 2.00 bits per heavy atom. The Bertz CT molecular complexity index is 124. The average molecular weight is 97.1 g/mol. The van der Waals surface area contributed by atoms with Gasteiger partial charge in [0, 0.05) is 0 Å². The molecular weight excluding hydrogens is 92.1 g/mol. The van der Waals surface area contributed by atoms with Crippen molar-refractivity contribution in [3.63, 3.8) is 0 Å². The first-order valence-electron chi connectivity index (χ1n) is 1.88. The molecule has 1 N–H and O–H groups in total. The third-order valence-electron chi connectivity index (χ3n) is 0.619. The molecule has 0 atom stereocenters. The van der Waals surface area contributed by atoms with Crippen LogP contribution in [0.1, 0.15) is 0 Å². The second-order valence-electron chi connectivity index (χ2n) is 1.04. The van der Waals surface area contributed by atoms with E-state index < -0.39 is 0 Å². The quantitative estimate of drug-likeness (QED) is 0.544. The minimum Gasteiger partial charge on any atom is -0.468 e. The normalized spacial score (nSPS) is 8.71. The van der Waals surface area contributed by atoms with E-state index in [0.717, 1.165) is 0 Å². The van der Waals surface area contributed by atoms with E-state index in [2.05, 4.69) is 20.9 Å². The van der Waals surface area contributed by atoms with Gasteiger partial charge < -0.3 is 9.72 Å². The van der Waals surface area contributed by atoms with E-state index in [9.17, 15) is 0 Å². The smallest absolute Gasteiger partial charge is 0.293 e. The number of ether oxygens (including phenoxy) is 1. The maximum Gasteiger partial charge on any atom is 0.293 e. The summed E-state index contributed by atoms with van der Waals surface area (Å²) in [6.07, 6.45) is 4.13. The van der Waals surface area contributed by atoms with Gasteiger partial charge in [0.15, 0.2) is 0 Å². The summed E-state index contributed by atoms with van der Waals surface area (Å²) in [7, 11) is 1.55. The summed E-state index contributed by atoms with van der Waals surface area (Å²) in [5.74, 6) is 0. The molecule has 3 heteroatoms. The van der Waals surface area contributed by atoms with Crippen molar-refractivity contribution >= 4 is 0 Å². The maximum atomic E-state index is 4.66. The molecule has 0 aliphatic rings. The molecule has 0 saturated carbocycles. The SMILES string of the molecule is COc1nc[c][nH]1.